The van der Waals surface area contributed by atoms with Crippen molar-refractivity contribution in [3.05, 3.63) is 32.5 Å². The van der Waals surface area contributed by atoms with E-state index >= 15 is 0 Å². The quantitative estimate of drug-likeness (QED) is 0.747. The fourth-order valence-corrected chi connectivity index (χ4v) is 3.13. The van der Waals surface area contributed by atoms with E-state index in [-0.39, 0.29) is 18.6 Å². The molecule has 0 saturated heterocycles. The van der Waals surface area contributed by atoms with E-state index in [0.717, 1.165) is 0 Å². The molecule has 106 valence electrons. The first-order chi connectivity index (χ1) is 8.86. The summed E-state index contributed by atoms with van der Waals surface area (Å²) in [5.74, 6) is -1.10. The minimum Gasteiger partial charge on any atom is -0.466 e. The van der Waals surface area contributed by atoms with Crippen molar-refractivity contribution in [2.45, 2.75) is 25.6 Å². The summed E-state index contributed by atoms with van der Waals surface area (Å²) >= 11 is 6.21. The fraction of sp³-hybridized carbons (Fsp3) is 0.417. The third kappa shape index (κ3) is 4.52. The monoisotopic (exact) mass is 398 g/mol. The summed E-state index contributed by atoms with van der Waals surface area (Å²) in [6, 6.07) is 2.33. The maximum absolute atomic E-state index is 13.1. The molecule has 7 heteroatoms. The van der Waals surface area contributed by atoms with E-state index in [2.05, 4.69) is 36.6 Å². The third-order valence-corrected chi connectivity index (χ3v) is 3.70. The Morgan fingerprint density at radius 2 is 1.89 bits per heavy atom. The summed E-state index contributed by atoms with van der Waals surface area (Å²) in [7, 11) is 0. The molecule has 0 aliphatic rings. The first-order valence-electron chi connectivity index (χ1n) is 5.53. The summed E-state index contributed by atoms with van der Waals surface area (Å²) in [6.45, 7) is 1.85. The molecule has 0 spiro atoms. The van der Waals surface area contributed by atoms with Gasteiger partial charge in [0.25, 0.3) is 0 Å². The highest BCUT2D eigenvalue weighted by atomic mass is 79.9. The van der Waals surface area contributed by atoms with Crippen molar-refractivity contribution in [1.82, 2.24) is 0 Å². The zero-order valence-corrected chi connectivity index (χ0v) is 13.2. The minimum absolute atomic E-state index is 0.200. The van der Waals surface area contributed by atoms with Crippen LogP contribution in [0.3, 0.4) is 0 Å². The second-order valence-corrected chi connectivity index (χ2v) is 5.51. The lowest BCUT2D eigenvalue weighted by molar-refractivity contribution is -0.147. The second-order valence-electron chi connectivity index (χ2n) is 3.80. The maximum Gasteiger partial charge on any atom is 0.308 e. The molecule has 2 N–H and O–H groups in total. The number of esters is 1. The molecule has 19 heavy (non-hydrogen) atoms. The van der Waals surface area contributed by atoms with Gasteiger partial charge in [-0.15, -0.1) is 0 Å². The van der Waals surface area contributed by atoms with Crippen LogP contribution in [0.1, 0.15) is 25.0 Å². The van der Waals surface area contributed by atoms with E-state index in [9.17, 15) is 19.4 Å². The van der Waals surface area contributed by atoms with Crippen LogP contribution >= 0.6 is 31.9 Å². The second kappa shape index (κ2) is 7.33. The largest absolute Gasteiger partial charge is 0.466 e. The number of carbonyl (C=O) groups excluding carboxylic acids is 1. The number of hydrogen-bond donors (Lipinski definition) is 2. The Hall–Kier alpha value is -0.500. The number of hydrogen-bond acceptors (Lipinski definition) is 4. The maximum atomic E-state index is 13.1. The zero-order valence-electron chi connectivity index (χ0n) is 10.1. The molecule has 0 saturated carbocycles. The highest BCUT2D eigenvalue weighted by molar-refractivity contribution is 9.11. The number of benzene rings is 1. The van der Waals surface area contributed by atoms with Crippen LogP contribution in [0, 0.1) is 5.82 Å². The Morgan fingerprint density at radius 3 is 2.37 bits per heavy atom. The van der Waals surface area contributed by atoms with Crippen molar-refractivity contribution in [3.8, 4) is 0 Å². The molecule has 0 bridgehead atoms. The molecular weight excluding hydrogens is 387 g/mol. The molecule has 0 radical (unpaired) electrons. The molecule has 1 rings (SSSR count). The SMILES string of the molecule is CCOC(=O)CC(O)C(O)c1c(Br)cc(F)cc1Br. The average molecular weight is 400 g/mol. The van der Waals surface area contributed by atoms with Crippen LogP contribution in [0.4, 0.5) is 4.39 Å². The van der Waals surface area contributed by atoms with Crippen LogP contribution in [0.25, 0.3) is 0 Å². The van der Waals surface area contributed by atoms with E-state index in [1.54, 1.807) is 6.92 Å². The van der Waals surface area contributed by atoms with E-state index in [1.165, 1.54) is 12.1 Å². The number of aliphatic hydroxyl groups is 2. The van der Waals surface area contributed by atoms with Gasteiger partial charge in [0.05, 0.1) is 19.1 Å². The first-order valence-corrected chi connectivity index (χ1v) is 7.11. The van der Waals surface area contributed by atoms with Gasteiger partial charge in [0.2, 0.25) is 0 Å². The average Bonchev–Trinajstić information content (AvgIpc) is 2.27. The first kappa shape index (κ1) is 16.6. The molecule has 4 nitrogen and oxygen atoms in total. The van der Waals surface area contributed by atoms with Crippen molar-refractivity contribution < 1.29 is 24.1 Å². The molecule has 0 aliphatic heterocycles. The Balaban J connectivity index is 2.88. The van der Waals surface area contributed by atoms with Crippen molar-refractivity contribution >= 4 is 37.8 Å². The fourth-order valence-electron chi connectivity index (χ4n) is 1.53. The number of carbonyl (C=O) groups is 1. The normalized spacial score (nSPS) is 14.0. The molecule has 0 aliphatic carbocycles. The molecular formula is C12H13Br2FO4. The van der Waals surface area contributed by atoms with Crippen molar-refractivity contribution in [1.29, 1.82) is 0 Å². The standard InChI is InChI=1S/C12H13Br2FO4/c1-2-19-10(17)5-9(16)12(18)11-7(13)3-6(15)4-8(11)14/h3-4,9,12,16,18H,2,5H2,1H3. The van der Waals surface area contributed by atoms with E-state index in [1.807, 2.05) is 0 Å². The molecule has 2 unspecified atom stereocenters. The molecule has 0 aromatic heterocycles. The van der Waals surface area contributed by atoms with Crippen molar-refractivity contribution in [3.63, 3.8) is 0 Å². The Bertz CT molecular complexity index is 444. The predicted octanol–water partition coefficient (Wildman–Crippen LogP) is 2.70. The van der Waals surface area contributed by atoms with Gasteiger partial charge in [-0.3, -0.25) is 4.79 Å². The third-order valence-electron chi connectivity index (χ3n) is 2.39. The summed E-state index contributed by atoms with van der Waals surface area (Å²) in [5.41, 5.74) is 0.276. The molecule has 2 atom stereocenters. The summed E-state index contributed by atoms with van der Waals surface area (Å²) in [4.78, 5) is 11.2. The summed E-state index contributed by atoms with van der Waals surface area (Å²) in [6.07, 6.45) is -3.02. The van der Waals surface area contributed by atoms with Gasteiger partial charge in [0.15, 0.2) is 0 Å². The number of ether oxygens (including phenoxy) is 1. The van der Waals surface area contributed by atoms with Crippen LogP contribution in [-0.2, 0) is 9.53 Å². The van der Waals surface area contributed by atoms with Crippen LogP contribution < -0.4 is 0 Å². The number of rotatable bonds is 5. The Kier molecular flexibility index (Phi) is 6.38. The van der Waals surface area contributed by atoms with Crippen LogP contribution in [0.5, 0.6) is 0 Å². The smallest absolute Gasteiger partial charge is 0.308 e. The molecule has 1 aromatic carbocycles. The Labute approximate surface area is 126 Å². The molecule has 1 aromatic rings. The van der Waals surface area contributed by atoms with Gasteiger partial charge < -0.3 is 14.9 Å². The van der Waals surface area contributed by atoms with Crippen molar-refractivity contribution in [2.75, 3.05) is 6.61 Å². The van der Waals surface area contributed by atoms with E-state index < -0.39 is 24.0 Å². The highest BCUT2D eigenvalue weighted by Crippen LogP contribution is 2.34. The molecule has 0 fully saturated rings. The van der Waals surface area contributed by atoms with E-state index in [0.29, 0.717) is 8.95 Å². The lowest BCUT2D eigenvalue weighted by Crippen LogP contribution is -2.23. The number of halogens is 3. The highest BCUT2D eigenvalue weighted by Gasteiger charge is 2.26. The zero-order chi connectivity index (χ0) is 14.6. The van der Waals surface area contributed by atoms with Crippen LogP contribution in [0.2, 0.25) is 0 Å². The minimum atomic E-state index is -1.34. The number of aliphatic hydroxyl groups excluding tert-OH is 2. The topological polar surface area (TPSA) is 66.8 Å². The Morgan fingerprint density at radius 1 is 1.37 bits per heavy atom. The van der Waals surface area contributed by atoms with Gasteiger partial charge in [0.1, 0.15) is 11.9 Å². The van der Waals surface area contributed by atoms with Gasteiger partial charge in [-0.2, -0.15) is 0 Å². The predicted molar refractivity (Wildman–Crippen MR) is 74.0 cm³/mol. The van der Waals surface area contributed by atoms with E-state index in [4.69, 9.17) is 0 Å². The van der Waals surface area contributed by atoms with Crippen molar-refractivity contribution in [2.24, 2.45) is 0 Å². The van der Waals surface area contributed by atoms with Gasteiger partial charge in [-0.1, -0.05) is 31.9 Å². The van der Waals surface area contributed by atoms with Gasteiger partial charge in [-0.25, -0.2) is 4.39 Å². The van der Waals surface area contributed by atoms with Crippen LogP contribution in [0.15, 0.2) is 21.1 Å². The molecule has 0 heterocycles. The summed E-state index contributed by atoms with van der Waals surface area (Å²) in [5, 5.41) is 19.8. The lowest BCUT2D eigenvalue weighted by Gasteiger charge is -2.20. The summed E-state index contributed by atoms with van der Waals surface area (Å²) < 4.78 is 18.4. The van der Waals surface area contributed by atoms with Gasteiger partial charge >= 0.3 is 5.97 Å². The van der Waals surface area contributed by atoms with Gasteiger partial charge in [0, 0.05) is 14.5 Å². The molecule has 0 amide bonds. The van der Waals surface area contributed by atoms with Crippen LogP contribution in [-0.4, -0.2) is 28.9 Å². The van der Waals surface area contributed by atoms with Gasteiger partial charge in [-0.05, 0) is 19.1 Å². The lowest BCUT2D eigenvalue weighted by atomic mass is 10.0.